The minimum absolute atomic E-state index is 0.221. The standard InChI is InChI=1S/C12H11ClIN3O3/c1-19-8-4-9(20-2)7(3-6(8)13)17-11-10(14)12(18)16-5-15-11/h3-5H,1-2H3,(H2,15,16,17,18). The maximum Gasteiger partial charge on any atom is 0.266 e. The third-order valence-corrected chi connectivity index (χ3v) is 3.82. The Bertz CT molecular complexity index is 690. The Morgan fingerprint density at radius 1 is 1.30 bits per heavy atom. The van der Waals surface area contributed by atoms with E-state index in [0.717, 1.165) is 0 Å². The van der Waals surface area contributed by atoms with Crippen molar-refractivity contribution in [3.8, 4) is 11.5 Å². The van der Waals surface area contributed by atoms with Crippen molar-refractivity contribution in [1.82, 2.24) is 9.97 Å². The molecule has 0 amide bonds. The molecule has 0 aliphatic rings. The number of methoxy groups -OCH3 is 2. The number of anilines is 2. The smallest absolute Gasteiger partial charge is 0.266 e. The minimum atomic E-state index is -0.221. The molecule has 2 aromatic rings. The molecule has 0 atom stereocenters. The second-order valence-electron chi connectivity index (χ2n) is 3.71. The van der Waals surface area contributed by atoms with Gasteiger partial charge in [-0.05, 0) is 28.7 Å². The van der Waals surface area contributed by atoms with E-state index in [1.807, 2.05) is 22.6 Å². The van der Waals surface area contributed by atoms with Crippen molar-refractivity contribution in [3.63, 3.8) is 0 Å². The van der Waals surface area contributed by atoms with Crippen LogP contribution in [0.5, 0.6) is 11.5 Å². The zero-order valence-electron chi connectivity index (χ0n) is 10.7. The summed E-state index contributed by atoms with van der Waals surface area (Å²) >= 11 is 8.00. The third kappa shape index (κ3) is 2.98. The number of ether oxygens (including phenoxy) is 2. The van der Waals surface area contributed by atoms with Gasteiger partial charge in [-0.15, -0.1) is 0 Å². The summed E-state index contributed by atoms with van der Waals surface area (Å²) in [5, 5.41) is 3.45. The topological polar surface area (TPSA) is 76.2 Å². The summed E-state index contributed by atoms with van der Waals surface area (Å²) in [4.78, 5) is 18.1. The molecule has 0 saturated carbocycles. The van der Waals surface area contributed by atoms with Crippen molar-refractivity contribution >= 4 is 45.7 Å². The molecule has 0 spiro atoms. The Labute approximate surface area is 133 Å². The van der Waals surface area contributed by atoms with Crippen LogP contribution < -0.4 is 20.3 Å². The number of halogens is 2. The summed E-state index contributed by atoms with van der Waals surface area (Å²) in [5.41, 5.74) is 0.371. The fourth-order valence-electron chi connectivity index (χ4n) is 1.56. The summed E-state index contributed by atoms with van der Waals surface area (Å²) in [6.07, 6.45) is 1.32. The number of H-pyrrole nitrogens is 1. The lowest BCUT2D eigenvalue weighted by Crippen LogP contribution is -2.13. The monoisotopic (exact) mass is 407 g/mol. The van der Waals surface area contributed by atoms with Crippen molar-refractivity contribution in [1.29, 1.82) is 0 Å². The number of aromatic nitrogens is 2. The highest BCUT2D eigenvalue weighted by atomic mass is 127. The van der Waals surface area contributed by atoms with E-state index in [2.05, 4.69) is 15.3 Å². The number of benzene rings is 1. The van der Waals surface area contributed by atoms with E-state index in [0.29, 0.717) is 31.6 Å². The summed E-state index contributed by atoms with van der Waals surface area (Å²) in [5.74, 6) is 1.46. The zero-order valence-corrected chi connectivity index (χ0v) is 13.6. The Hall–Kier alpha value is -1.48. The van der Waals surface area contributed by atoms with Gasteiger partial charge in [0.15, 0.2) is 5.82 Å². The largest absolute Gasteiger partial charge is 0.495 e. The van der Waals surface area contributed by atoms with Gasteiger partial charge in [-0.25, -0.2) is 4.98 Å². The maximum absolute atomic E-state index is 11.5. The first-order valence-corrected chi connectivity index (χ1v) is 6.94. The molecule has 2 rings (SSSR count). The van der Waals surface area contributed by atoms with Gasteiger partial charge >= 0.3 is 0 Å². The first-order valence-electron chi connectivity index (χ1n) is 5.48. The van der Waals surface area contributed by atoms with E-state index in [-0.39, 0.29) is 5.56 Å². The minimum Gasteiger partial charge on any atom is -0.495 e. The quantitative estimate of drug-likeness (QED) is 0.762. The van der Waals surface area contributed by atoms with Crippen LogP contribution in [0.2, 0.25) is 5.02 Å². The van der Waals surface area contributed by atoms with Gasteiger partial charge in [0, 0.05) is 6.07 Å². The van der Waals surface area contributed by atoms with Crippen molar-refractivity contribution in [2.24, 2.45) is 0 Å². The Morgan fingerprint density at radius 2 is 2.00 bits per heavy atom. The molecule has 6 nitrogen and oxygen atoms in total. The van der Waals surface area contributed by atoms with E-state index in [1.54, 1.807) is 12.1 Å². The average Bonchev–Trinajstić information content (AvgIpc) is 2.44. The molecule has 0 unspecified atom stereocenters. The fraction of sp³-hybridized carbons (Fsp3) is 0.167. The Morgan fingerprint density at radius 3 is 2.65 bits per heavy atom. The molecule has 106 valence electrons. The van der Waals surface area contributed by atoms with Crippen molar-refractivity contribution < 1.29 is 9.47 Å². The highest BCUT2D eigenvalue weighted by molar-refractivity contribution is 14.1. The lowest BCUT2D eigenvalue weighted by molar-refractivity contribution is 0.396. The summed E-state index contributed by atoms with van der Waals surface area (Å²) in [6, 6.07) is 3.31. The molecule has 1 aromatic heterocycles. The number of aromatic amines is 1. The van der Waals surface area contributed by atoms with Crippen LogP contribution in [-0.4, -0.2) is 24.2 Å². The molecule has 0 bridgehead atoms. The Kier molecular flexibility index (Phi) is 4.71. The fourth-order valence-corrected chi connectivity index (χ4v) is 2.23. The average molecular weight is 408 g/mol. The van der Waals surface area contributed by atoms with Gasteiger partial charge in [0.2, 0.25) is 0 Å². The molecule has 0 radical (unpaired) electrons. The van der Waals surface area contributed by atoms with Crippen LogP contribution in [0, 0.1) is 3.57 Å². The van der Waals surface area contributed by atoms with Crippen LogP contribution in [-0.2, 0) is 0 Å². The predicted molar refractivity (Wildman–Crippen MR) is 85.4 cm³/mol. The Balaban J connectivity index is 2.45. The highest BCUT2D eigenvalue weighted by Gasteiger charge is 2.12. The van der Waals surface area contributed by atoms with Crippen LogP contribution in [0.1, 0.15) is 0 Å². The highest BCUT2D eigenvalue weighted by Crippen LogP contribution is 2.37. The summed E-state index contributed by atoms with van der Waals surface area (Å²) < 4.78 is 10.8. The second-order valence-corrected chi connectivity index (χ2v) is 5.19. The lowest BCUT2D eigenvalue weighted by atomic mass is 10.2. The molecule has 0 aliphatic heterocycles. The summed E-state index contributed by atoms with van der Waals surface area (Å²) in [6.45, 7) is 0. The molecular formula is C12H11ClIN3O3. The lowest BCUT2D eigenvalue weighted by Gasteiger charge is -2.13. The number of nitrogens with one attached hydrogen (secondary N) is 2. The zero-order chi connectivity index (χ0) is 14.7. The van der Waals surface area contributed by atoms with Crippen molar-refractivity contribution in [3.05, 3.63) is 37.4 Å². The van der Waals surface area contributed by atoms with Crippen LogP contribution in [0.25, 0.3) is 0 Å². The van der Waals surface area contributed by atoms with Crippen molar-refractivity contribution in [2.45, 2.75) is 0 Å². The number of hydrogen-bond acceptors (Lipinski definition) is 5. The van der Waals surface area contributed by atoms with Gasteiger partial charge < -0.3 is 19.8 Å². The molecule has 0 fully saturated rings. The predicted octanol–water partition coefficient (Wildman–Crippen LogP) is 2.79. The summed E-state index contributed by atoms with van der Waals surface area (Å²) in [7, 11) is 3.05. The number of nitrogens with zero attached hydrogens (tertiary/aromatic N) is 1. The normalized spacial score (nSPS) is 10.2. The van der Waals surface area contributed by atoms with Crippen molar-refractivity contribution in [2.75, 3.05) is 19.5 Å². The molecule has 2 N–H and O–H groups in total. The molecular weight excluding hydrogens is 397 g/mol. The number of rotatable bonds is 4. The molecule has 1 aromatic carbocycles. The number of hydrogen-bond donors (Lipinski definition) is 2. The van der Waals surface area contributed by atoms with Gasteiger partial charge in [-0.3, -0.25) is 4.79 Å². The molecule has 0 saturated heterocycles. The van der Waals surface area contributed by atoms with E-state index < -0.39 is 0 Å². The van der Waals surface area contributed by atoms with E-state index in [9.17, 15) is 4.79 Å². The molecule has 1 heterocycles. The molecule has 8 heteroatoms. The molecule has 20 heavy (non-hydrogen) atoms. The van der Waals surface area contributed by atoms with Crippen LogP contribution >= 0.6 is 34.2 Å². The first kappa shape index (κ1) is 14.9. The van der Waals surface area contributed by atoms with Gasteiger partial charge in [0.25, 0.3) is 5.56 Å². The van der Waals surface area contributed by atoms with Crippen LogP contribution in [0.4, 0.5) is 11.5 Å². The first-order chi connectivity index (χ1) is 9.56. The second kappa shape index (κ2) is 6.31. The van der Waals surface area contributed by atoms with E-state index >= 15 is 0 Å². The van der Waals surface area contributed by atoms with Crippen LogP contribution in [0.3, 0.4) is 0 Å². The van der Waals surface area contributed by atoms with Crippen LogP contribution in [0.15, 0.2) is 23.3 Å². The third-order valence-electron chi connectivity index (χ3n) is 2.52. The maximum atomic E-state index is 11.5. The van der Waals surface area contributed by atoms with Gasteiger partial charge in [-0.2, -0.15) is 0 Å². The van der Waals surface area contributed by atoms with E-state index in [1.165, 1.54) is 20.5 Å². The van der Waals surface area contributed by atoms with Gasteiger partial charge in [0.05, 0.1) is 31.3 Å². The SMILES string of the molecule is COc1cc(OC)c(Nc2nc[nH]c(=O)c2I)cc1Cl. The van der Waals surface area contributed by atoms with Gasteiger partial charge in [-0.1, -0.05) is 11.6 Å². The van der Waals surface area contributed by atoms with E-state index in [4.69, 9.17) is 21.1 Å². The van der Waals surface area contributed by atoms with Gasteiger partial charge in [0.1, 0.15) is 15.1 Å². The molecule has 0 aliphatic carbocycles.